The molecule has 2 N–H and O–H groups in total. The number of amides is 1. The summed E-state index contributed by atoms with van der Waals surface area (Å²) in [5.74, 6) is -3.01. The summed E-state index contributed by atoms with van der Waals surface area (Å²) in [5, 5.41) is 18.5. The van der Waals surface area contributed by atoms with Crippen molar-refractivity contribution < 1.29 is 24.6 Å². The van der Waals surface area contributed by atoms with Gasteiger partial charge in [-0.25, -0.2) is 4.79 Å². The first-order valence-corrected chi connectivity index (χ1v) is 8.37. The fourth-order valence-electron chi connectivity index (χ4n) is 2.11. The summed E-state index contributed by atoms with van der Waals surface area (Å²) in [6.45, 7) is 0. The Balaban J connectivity index is 2.28. The molecule has 1 unspecified atom stereocenters. The second kappa shape index (κ2) is 7.78. The van der Waals surface area contributed by atoms with E-state index in [1.807, 2.05) is 0 Å². The number of nitrogens with zero attached hydrogens (tertiary/aromatic N) is 1. The number of hydrogen-bond donors (Lipinski definition) is 2. The minimum absolute atomic E-state index is 0.0797. The Hall–Kier alpha value is -1.90. The van der Waals surface area contributed by atoms with Gasteiger partial charge in [0.15, 0.2) is 0 Å². The summed E-state index contributed by atoms with van der Waals surface area (Å²) >= 11 is 12.1. The molecule has 0 saturated carbocycles. The quantitative estimate of drug-likeness (QED) is 0.574. The van der Waals surface area contributed by atoms with Gasteiger partial charge in [-0.3, -0.25) is 14.5 Å². The van der Waals surface area contributed by atoms with Gasteiger partial charge in [0.1, 0.15) is 10.4 Å². The molecule has 1 aliphatic heterocycles. The van der Waals surface area contributed by atoms with Crippen molar-refractivity contribution in [3.63, 3.8) is 0 Å². The lowest BCUT2D eigenvalue weighted by Crippen LogP contribution is -2.44. The van der Waals surface area contributed by atoms with Gasteiger partial charge in [-0.05, 0) is 24.1 Å². The smallest absolute Gasteiger partial charge is 0.326 e. The molecule has 9 heteroatoms. The van der Waals surface area contributed by atoms with Crippen LogP contribution in [0.3, 0.4) is 0 Å². The standard InChI is InChI=1S/C15H12ClNO5S2/c16-9-4-2-1-3-8(9)7-11-13(20)17(15(23)24-11)10(14(21)22)5-6-12(18)19/h1-4,7,10H,5-6H2,(H,18,19)(H,21,22)/b11-7-. The van der Waals surface area contributed by atoms with E-state index in [1.165, 1.54) is 6.08 Å². The van der Waals surface area contributed by atoms with E-state index in [9.17, 15) is 19.5 Å². The third-order valence-electron chi connectivity index (χ3n) is 3.24. The lowest BCUT2D eigenvalue weighted by molar-refractivity contribution is -0.146. The van der Waals surface area contributed by atoms with Crippen LogP contribution < -0.4 is 0 Å². The van der Waals surface area contributed by atoms with Crippen molar-refractivity contribution in [1.29, 1.82) is 0 Å². The molecule has 6 nitrogen and oxygen atoms in total. The maximum Gasteiger partial charge on any atom is 0.326 e. The van der Waals surface area contributed by atoms with Gasteiger partial charge in [0.2, 0.25) is 0 Å². The number of carbonyl (C=O) groups is 3. The van der Waals surface area contributed by atoms with Crippen LogP contribution in [0.25, 0.3) is 6.08 Å². The summed E-state index contributed by atoms with van der Waals surface area (Å²) in [7, 11) is 0. The van der Waals surface area contributed by atoms with Crippen LogP contribution in [0.1, 0.15) is 18.4 Å². The highest BCUT2D eigenvalue weighted by molar-refractivity contribution is 8.26. The Morgan fingerprint density at radius 3 is 2.58 bits per heavy atom. The molecule has 2 rings (SSSR count). The van der Waals surface area contributed by atoms with Crippen LogP contribution in [-0.2, 0) is 14.4 Å². The van der Waals surface area contributed by atoms with Crippen LogP contribution in [-0.4, -0.2) is 43.3 Å². The predicted octanol–water partition coefficient (Wildman–Crippen LogP) is 2.86. The molecule has 1 atom stereocenters. The molecule has 1 aromatic rings. The van der Waals surface area contributed by atoms with Crippen molar-refractivity contribution in [2.75, 3.05) is 0 Å². The fourth-order valence-corrected chi connectivity index (χ4v) is 3.64. The molecular weight excluding hydrogens is 374 g/mol. The Bertz CT molecular complexity index is 749. The minimum atomic E-state index is -1.31. The Labute approximate surface area is 152 Å². The van der Waals surface area contributed by atoms with Crippen LogP contribution >= 0.6 is 35.6 Å². The molecule has 1 saturated heterocycles. The average molecular weight is 386 g/mol. The fraction of sp³-hybridized carbons (Fsp3) is 0.200. The molecule has 1 aliphatic rings. The summed E-state index contributed by atoms with van der Waals surface area (Å²) in [6.07, 6.45) is 0.936. The van der Waals surface area contributed by atoms with Crippen LogP contribution in [0.5, 0.6) is 0 Å². The summed E-state index contributed by atoms with van der Waals surface area (Å²) < 4.78 is 0.0797. The third-order valence-corrected chi connectivity index (χ3v) is 4.92. The molecular formula is C15H12ClNO5S2. The zero-order valence-electron chi connectivity index (χ0n) is 12.1. The minimum Gasteiger partial charge on any atom is -0.481 e. The highest BCUT2D eigenvalue weighted by Gasteiger charge is 2.40. The van der Waals surface area contributed by atoms with Crippen molar-refractivity contribution in [2.45, 2.75) is 18.9 Å². The Morgan fingerprint density at radius 2 is 2.00 bits per heavy atom. The lowest BCUT2D eigenvalue weighted by atomic mass is 10.1. The predicted molar refractivity (Wildman–Crippen MR) is 94.8 cm³/mol. The van der Waals surface area contributed by atoms with Crippen LogP contribution in [0.4, 0.5) is 0 Å². The summed E-state index contributed by atoms with van der Waals surface area (Å²) in [5.41, 5.74) is 0.608. The van der Waals surface area contributed by atoms with Crippen molar-refractivity contribution in [3.8, 4) is 0 Å². The van der Waals surface area contributed by atoms with Crippen molar-refractivity contribution in [1.82, 2.24) is 4.90 Å². The molecule has 1 fully saturated rings. The van der Waals surface area contributed by atoms with E-state index >= 15 is 0 Å². The van der Waals surface area contributed by atoms with Crippen LogP contribution in [0.15, 0.2) is 29.2 Å². The van der Waals surface area contributed by atoms with E-state index in [0.29, 0.717) is 10.6 Å². The maximum atomic E-state index is 12.5. The highest BCUT2D eigenvalue weighted by Crippen LogP contribution is 2.35. The number of thioether (sulfide) groups is 1. The van der Waals surface area contributed by atoms with Gasteiger partial charge >= 0.3 is 11.9 Å². The zero-order chi connectivity index (χ0) is 17.9. The maximum absolute atomic E-state index is 12.5. The number of carbonyl (C=O) groups excluding carboxylic acids is 1. The zero-order valence-corrected chi connectivity index (χ0v) is 14.5. The van der Waals surface area contributed by atoms with E-state index in [1.54, 1.807) is 24.3 Å². The first-order valence-electron chi connectivity index (χ1n) is 6.77. The van der Waals surface area contributed by atoms with Gasteiger partial charge in [0, 0.05) is 11.4 Å². The number of halogens is 1. The molecule has 0 aromatic heterocycles. The van der Waals surface area contributed by atoms with E-state index in [2.05, 4.69) is 0 Å². The first kappa shape index (κ1) is 18.4. The van der Waals surface area contributed by atoms with Crippen molar-refractivity contribution >= 4 is 63.8 Å². The normalized spacial score (nSPS) is 17.4. The first-order chi connectivity index (χ1) is 11.3. The molecule has 1 aromatic carbocycles. The van der Waals surface area contributed by atoms with Crippen molar-refractivity contribution in [2.24, 2.45) is 0 Å². The van der Waals surface area contributed by atoms with Gasteiger partial charge in [0.25, 0.3) is 5.91 Å². The largest absolute Gasteiger partial charge is 0.481 e. The second-order valence-corrected chi connectivity index (χ2v) is 6.94. The van der Waals surface area contributed by atoms with Crippen molar-refractivity contribution in [3.05, 3.63) is 39.8 Å². The van der Waals surface area contributed by atoms with E-state index in [4.69, 9.17) is 28.9 Å². The number of carboxylic acids is 2. The molecule has 24 heavy (non-hydrogen) atoms. The van der Waals surface area contributed by atoms with E-state index in [0.717, 1.165) is 16.7 Å². The Kier molecular flexibility index (Phi) is 5.98. The molecule has 126 valence electrons. The highest BCUT2D eigenvalue weighted by atomic mass is 35.5. The monoisotopic (exact) mass is 385 g/mol. The van der Waals surface area contributed by atoms with Gasteiger partial charge in [-0.2, -0.15) is 0 Å². The van der Waals surface area contributed by atoms with Gasteiger partial charge in [-0.1, -0.05) is 53.8 Å². The van der Waals surface area contributed by atoms with Crippen LogP contribution in [0.2, 0.25) is 5.02 Å². The van der Waals surface area contributed by atoms with E-state index in [-0.39, 0.29) is 22.1 Å². The topological polar surface area (TPSA) is 94.9 Å². The van der Waals surface area contributed by atoms with Crippen LogP contribution in [0, 0.1) is 0 Å². The number of benzene rings is 1. The van der Waals surface area contributed by atoms with Gasteiger partial charge in [-0.15, -0.1) is 0 Å². The number of aliphatic carboxylic acids is 2. The molecule has 0 radical (unpaired) electrons. The summed E-state index contributed by atoms with van der Waals surface area (Å²) in [4.78, 5) is 35.8. The number of hydrogen-bond acceptors (Lipinski definition) is 5. The number of carboxylic acid groups (broad SMARTS) is 2. The molecule has 0 bridgehead atoms. The number of rotatable bonds is 6. The number of thiocarbonyl (C=S) groups is 1. The average Bonchev–Trinajstić information content (AvgIpc) is 2.77. The van der Waals surface area contributed by atoms with Gasteiger partial charge < -0.3 is 10.2 Å². The lowest BCUT2D eigenvalue weighted by Gasteiger charge is -2.22. The molecule has 0 spiro atoms. The third kappa shape index (κ3) is 4.14. The van der Waals surface area contributed by atoms with E-state index < -0.39 is 23.9 Å². The SMILES string of the molecule is O=C(O)CCC(C(=O)O)N1C(=O)/C(=C/c2ccccc2Cl)SC1=S. The summed E-state index contributed by atoms with van der Waals surface area (Å²) in [6, 6.07) is 5.57. The second-order valence-electron chi connectivity index (χ2n) is 4.86. The molecule has 1 amide bonds. The molecule has 0 aliphatic carbocycles. The molecule has 1 heterocycles. The van der Waals surface area contributed by atoms with Gasteiger partial charge in [0.05, 0.1) is 4.91 Å². The Morgan fingerprint density at radius 1 is 1.33 bits per heavy atom.